The van der Waals surface area contributed by atoms with E-state index in [-0.39, 0.29) is 6.10 Å². The van der Waals surface area contributed by atoms with E-state index in [1.807, 2.05) is 0 Å². The van der Waals surface area contributed by atoms with Gasteiger partial charge < -0.3 is 19.9 Å². The van der Waals surface area contributed by atoms with Gasteiger partial charge in [0.15, 0.2) is 0 Å². The van der Waals surface area contributed by atoms with Crippen molar-refractivity contribution in [2.24, 2.45) is 0 Å². The van der Waals surface area contributed by atoms with Crippen LogP contribution < -0.4 is 5.32 Å². The second kappa shape index (κ2) is 6.15. The average molecular weight is 215 g/mol. The average Bonchev–Trinajstić information content (AvgIpc) is 2.25. The summed E-state index contributed by atoms with van der Waals surface area (Å²) in [6.07, 6.45) is 1.60. The first kappa shape index (κ1) is 11.7. The molecule has 1 aliphatic heterocycles. The predicted molar refractivity (Wildman–Crippen MR) is 50.3 cm³/mol. The molecule has 0 radical (unpaired) electrons. The maximum Gasteiger partial charge on any atom is 0.328 e. The third-order valence-electron chi connectivity index (χ3n) is 1.77. The Morgan fingerprint density at radius 3 is 2.80 bits per heavy atom. The van der Waals surface area contributed by atoms with Gasteiger partial charge in [-0.3, -0.25) is 4.79 Å². The van der Waals surface area contributed by atoms with Crippen LogP contribution in [0.3, 0.4) is 0 Å². The van der Waals surface area contributed by atoms with Crippen LogP contribution in [0.25, 0.3) is 0 Å². The van der Waals surface area contributed by atoms with Crippen molar-refractivity contribution in [3.8, 4) is 0 Å². The van der Waals surface area contributed by atoms with Gasteiger partial charge in [0, 0.05) is 18.7 Å². The Morgan fingerprint density at radius 1 is 1.40 bits per heavy atom. The minimum absolute atomic E-state index is 0.152. The lowest BCUT2D eigenvalue weighted by Crippen LogP contribution is -2.39. The van der Waals surface area contributed by atoms with Gasteiger partial charge in [-0.05, 0) is 0 Å². The molecule has 6 nitrogen and oxygen atoms in total. The van der Waals surface area contributed by atoms with Crippen LogP contribution in [0, 0.1) is 0 Å². The van der Waals surface area contributed by atoms with Crippen LogP contribution in [0.1, 0.15) is 0 Å². The number of rotatable bonds is 4. The molecule has 1 saturated heterocycles. The maximum absolute atomic E-state index is 11.0. The molecule has 1 rings (SSSR count). The summed E-state index contributed by atoms with van der Waals surface area (Å²) in [5.74, 6) is -1.60. The number of amides is 1. The Kier molecular flexibility index (Phi) is 4.79. The molecule has 2 N–H and O–H groups in total. The number of carbonyl (C=O) groups is 2. The van der Waals surface area contributed by atoms with Crippen molar-refractivity contribution in [1.29, 1.82) is 0 Å². The van der Waals surface area contributed by atoms with E-state index in [1.54, 1.807) is 0 Å². The Morgan fingerprint density at radius 2 is 2.20 bits per heavy atom. The fourth-order valence-corrected chi connectivity index (χ4v) is 1.07. The van der Waals surface area contributed by atoms with Gasteiger partial charge in [0.25, 0.3) is 0 Å². The number of carbonyl (C=O) groups excluding carboxylic acids is 1. The lowest BCUT2D eigenvalue weighted by atomic mass is 10.3. The zero-order chi connectivity index (χ0) is 11.1. The van der Waals surface area contributed by atoms with E-state index in [0.29, 0.717) is 26.4 Å². The molecular weight excluding hydrogens is 202 g/mol. The largest absolute Gasteiger partial charge is 0.478 e. The molecule has 0 aromatic heterocycles. The Balaban J connectivity index is 2.18. The Hall–Kier alpha value is -1.40. The zero-order valence-electron chi connectivity index (χ0n) is 8.14. The molecule has 15 heavy (non-hydrogen) atoms. The van der Waals surface area contributed by atoms with E-state index in [9.17, 15) is 9.59 Å². The molecule has 1 fully saturated rings. The molecule has 0 bridgehead atoms. The number of carboxylic acid groups (broad SMARTS) is 1. The Labute approximate surface area is 86.9 Å². The first-order chi connectivity index (χ1) is 7.18. The SMILES string of the molecule is O=C(O)/C=C/C(=O)NCC1COCCO1. The van der Waals surface area contributed by atoms with E-state index >= 15 is 0 Å². The number of hydrogen-bond acceptors (Lipinski definition) is 4. The predicted octanol–water partition coefficient (Wildman–Crippen LogP) is -0.841. The minimum Gasteiger partial charge on any atom is -0.478 e. The Bertz CT molecular complexity index is 257. The monoisotopic (exact) mass is 215 g/mol. The number of carboxylic acids is 1. The summed E-state index contributed by atoms with van der Waals surface area (Å²) < 4.78 is 10.4. The van der Waals surface area contributed by atoms with Gasteiger partial charge in [-0.1, -0.05) is 0 Å². The third kappa shape index (κ3) is 5.14. The van der Waals surface area contributed by atoms with Gasteiger partial charge in [-0.25, -0.2) is 4.79 Å². The maximum atomic E-state index is 11.0. The van der Waals surface area contributed by atoms with Crippen molar-refractivity contribution in [2.45, 2.75) is 6.10 Å². The number of nitrogens with one attached hydrogen (secondary N) is 1. The first-order valence-corrected chi connectivity index (χ1v) is 4.56. The van der Waals surface area contributed by atoms with E-state index in [1.165, 1.54) is 0 Å². The van der Waals surface area contributed by atoms with Crippen LogP contribution in [0.15, 0.2) is 12.2 Å². The normalized spacial score (nSPS) is 21.5. The van der Waals surface area contributed by atoms with Crippen LogP contribution in [-0.4, -0.2) is 49.5 Å². The van der Waals surface area contributed by atoms with Crippen molar-refractivity contribution in [3.05, 3.63) is 12.2 Å². The van der Waals surface area contributed by atoms with Gasteiger partial charge in [-0.15, -0.1) is 0 Å². The summed E-state index contributed by atoms with van der Waals surface area (Å²) in [4.78, 5) is 21.1. The molecule has 84 valence electrons. The summed E-state index contributed by atoms with van der Waals surface area (Å²) in [7, 11) is 0. The lowest BCUT2D eigenvalue weighted by molar-refractivity contribution is -0.131. The molecule has 0 aliphatic carbocycles. The quantitative estimate of drug-likeness (QED) is 0.597. The number of hydrogen-bond donors (Lipinski definition) is 2. The number of aliphatic carboxylic acids is 1. The van der Waals surface area contributed by atoms with Crippen LogP contribution >= 0.6 is 0 Å². The molecular formula is C9H13NO5. The topological polar surface area (TPSA) is 84.9 Å². The molecule has 0 spiro atoms. The second-order valence-corrected chi connectivity index (χ2v) is 2.98. The summed E-state index contributed by atoms with van der Waals surface area (Å²) in [5.41, 5.74) is 0. The molecule has 1 amide bonds. The van der Waals surface area contributed by atoms with Crippen molar-refractivity contribution in [3.63, 3.8) is 0 Å². The van der Waals surface area contributed by atoms with E-state index in [0.717, 1.165) is 12.2 Å². The molecule has 0 aromatic carbocycles. The first-order valence-electron chi connectivity index (χ1n) is 4.56. The number of ether oxygens (including phenoxy) is 2. The fourth-order valence-electron chi connectivity index (χ4n) is 1.07. The minimum atomic E-state index is -1.15. The van der Waals surface area contributed by atoms with Crippen LogP contribution in [0.4, 0.5) is 0 Å². The van der Waals surface area contributed by atoms with E-state index in [4.69, 9.17) is 14.6 Å². The van der Waals surface area contributed by atoms with Gasteiger partial charge in [0.2, 0.25) is 5.91 Å². The molecule has 1 aliphatic rings. The second-order valence-electron chi connectivity index (χ2n) is 2.98. The summed E-state index contributed by atoms with van der Waals surface area (Å²) in [5, 5.41) is 10.8. The van der Waals surface area contributed by atoms with E-state index < -0.39 is 11.9 Å². The van der Waals surface area contributed by atoms with Crippen LogP contribution in [0.2, 0.25) is 0 Å². The van der Waals surface area contributed by atoms with Gasteiger partial charge in [0.05, 0.1) is 25.9 Å². The van der Waals surface area contributed by atoms with Crippen molar-refractivity contribution in [1.82, 2.24) is 5.32 Å². The summed E-state index contributed by atoms with van der Waals surface area (Å²) in [6.45, 7) is 1.86. The smallest absolute Gasteiger partial charge is 0.328 e. The van der Waals surface area contributed by atoms with Crippen molar-refractivity contribution >= 4 is 11.9 Å². The molecule has 1 atom stereocenters. The molecule has 1 heterocycles. The van der Waals surface area contributed by atoms with Crippen molar-refractivity contribution in [2.75, 3.05) is 26.4 Å². The molecule has 6 heteroatoms. The van der Waals surface area contributed by atoms with Gasteiger partial charge >= 0.3 is 5.97 Å². The van der Waals surface area contributed by atoms with E-state index in [2.05, 4.69) is 5.32 Å². The zero-order valence-corrected chi connectivity index (χ0v) is 8.14. The highest BCUT2D eigenvalue weighted by molar-refractivity contribution is 5.93. The molecule has 1 unspecified atom stereocenters. The fraction of sp³-hybridized carbons (Fsp3) is 0.556. The summed E-state index contributed by atoms with van der Waals surface area (Å²) in [6, 6.07) is 0. The highest BCUT2D eigenvalue weighted by Crippen LogP contribution is 1.98. The highest BCUT2D eigenvalue weighted by atomic mass is 16.6. The lowest BCUT2D eigenvalue weighted by Gasteiger charge is -2.22. The van der Waals surface area contributed by atoms with Crippen LogP contribution in [0.5, 0.6) is 0 Å². The van der Waals surface area contributed by atoms with Gasteiger partial charge in [0.1, 0.15) is 0 Å². The van der Waals surface area contributed by atoms with Crippen LogP contribution in [-0.2, 0) is 19.1 Å². The standard InChI is InChI=1S/C9H13NO5/c11-8(1-2-9(12)13)10-5-7-6-14-3-4-15-7/h1-2,7H,3-6H2,(H,10,11)(H,12,13)/b2-1+. The third-order valence-corrected chi connectivity index (χ3v) is 1.77. The highest BCUT2D eigenvalue weighted by Gasteiger charge is 2.14. The summed E-state index contributed by atoms with van der Waals surface area (Å²) >= 11 is 0. The van der Waals surface area contributed by atoms with Crippen molar-refractivity contribution < 1.29 is 24.2 Å². The molecule has 0 saturated carbocycles. The molecule has 0 aromatic rings. The van der Waals surface area contributed by atoms with Gasteiger partial charge in [-0.2, -0.15) is 0 Å².